The fourth-order valence-corrected chi connectivity index (χ4v) is 5.60. The van der Waals surface area contributed by atoms with E-state index in [-0.39, 0.29) is 24.4 Å². The van der Waals surface area contributed by atoms with Crippen LogP contribution in [0, 0.1) is 25.2 Å². The van der Waals surface area contributed by atoms with Crippen molar-refractivity contribution >= 4 is 17.6 Å². The minimum Gasteiger partial charge on any atom is -0.461 e. The van der Waals surface area contributed by atoms with E-state index in [1.165, 1.54) is 0 Å². The summed E-state index contributed by atoms with van der Waals surface area (Å²) in [5, 5.41) is 0. The molecule has 1 saturated heterocycles. The number of rotatable bonds is 6. The van der Waals surface area contributed by atoms with Crippen molar-refractivity contribution in [2.24, 2.45) is 11.3 Å². The predicted molar refractivity (Wildman–Crippen MR) is 156 cm³/mol. The molecule has 0 bridgehead atoms. The molecule has 7 nitrogen and oxygen atoms in total. The molecule has 2 aliphatic heterocycles. The maximum Gasteiger partial charge on any atom is 0.309 e. The van der Waals surface area contributed by atoms with Crippen molar-refractivity contribution in [3.05, 3.63) is 70.7 Å². The van der Waals surface area contributed by atoms with Crippen LogP contribution < -0.4 is 4.90 Å². The predicted octanol–water partition coefficient (Wildman–Crippen LogP) is 6.35. The maximum atomic E-state index is 13.7. The van der Waals surface area contributed by atoms with Gasteiger partial charge in [0.1, 0.15) is 6.61 Å². The van der Waals surface area contributed by atoms with Crippen LogP contribution in [0.15, 0.2) is 46.9 Å². The molecule has 7 heteroatoms. The zero-order valence-corrected chi connectivity index (χ0v) is 24.5. The SMILES string of the molecule is Cc1nc2c(o1)-c1ccccc1N(C(=O)c1ccc(COC(=O)C3CCN(CCC(C)(C)C)CC3)c(C)c1)CC2. The van der Waals surface area contributed by atoms with E-state index in [1.807, 2.05) is 61.2 Å². The summed E-state index contributed by atoms with van der Waals surface area (Å²) in [4.78, 5) is 35.3. The third-order valence-electron chi connectivity index (χ3n) is 8.12. The van der Waals surface area contributed by atoms with Crippen LogP contribution in [0.2, 0.25) is 0 Å². The van der Waals surface area contributed by atoms with Crippen molar-refractivity contribution in [1.29, 1.82) is 0 Å². The summed E-state index contributed by atoms with van der Waals surface area (Å²) in [6, 6.07) is 13.4. The normalized spacial score (nSPS) is 16.3. The average molecular weight is 544 g/mol. The van der Waals surface area contributed by atoms with Crippen molar-refractivity contribution in [2.75, 3.05) is 31.1 Å². The molecule has 40 heavy (non-hydrogen) atoms. The van der Waals surface area contributed by atoms with Crippen LogP contribution in [-0.2, 0) is 22.6 Å². The van der Waals surface area contributed by atoms with Crippen molar-refractivity contribution in [2.45, 2.75) is 66.9 Å². The number of carbonyl (C=O) groups is 2. The fraction of sp³-hybridized carbons (Fsp3) is 0.485. The highest BCUT2D eigenvalue weighted by molar-refractivity contribution is 6.08. The molecule has 2 aromatic carbocycles. The molecule has 3 heterocycles. The molecule has 212 valence electrons. The van der Waals surface area contributed by atoms with E-state index in [0.29, 0.717) is 29.8 Å². The van der Waals surface area contributed by atoms with Gasteiger partial charge in [-0.05, 0) is 86.6 Å². The van der Waals surface area contributed by atoms with Gasteiger partial charge in [0.15, 0.2) is 11.7 Å². The summed E-state index contributed by atoms with van der Waals surface area (Å²) < 4.78 is 11.7. The van der Waals surface area contributed by atoms with Crippen LogP contribution in [0.3, 0.4) is 0 Å². The minimum atomic E-state index is -0.114. The number of ether oxygens (including phenoxy) is 1. The number of hydrogen-bond acceptors (Lipinski definition) is 6. The Hall–Kier alpha value is -3.45. The quantitative estimate of drug-likeness (QED) is 0.337. The molecule has 0 atom stereocenters. The summed E-state index contributed by atoms with van der Waals surface area (Å²) in [5.41, 5.74) is 5.36. The van der Waals surface area contributed by atoms with Gasteiger partial charge in [0.2, 0.25) is 0 Å². The molecule has 0 N–H and O–H groups in total. The van der Waals surface area contributed by atoms with E-state index in [9.17, 15) is 9.59 Å². The standard InChI is InChI=1S/C33H41N3O4/c1-22-20-25(31(37)36-18-14-28-30(40-23(2)34-28)27-8-6-7-9-29(27)36)10-11-26(22)21-39-32(38)24-12-16-35(17-13-24)19-15-33(3,4)5/h6-11,20,24H,12-19,21H2,1-5H3. The molecular weight excluding hydrogens is 502 g/mol. The molecule has 1 fully saturated rings. The topological polar surface area (TPSA) is 75.9 Å². The number of para-hydroxylation sites is 1. The number of amides is 1. The molecule has 1 aromatic heterocycles. The zero-order chi connectivity index (χ0) is 28.4. The number of esters is 1. The number of aromatic nitrogens is 1. The zero-order valence-electron chi connectivity index (χ0n) is 24.5. The van der Waals surface area contributed by atoms with Crippen molar-refractivity contribution in [1.82, 2.24) is 9.88 Å². The monoisotopic (exact) mass is 543 g/mol. The Balaban J connectivity index is 1.20. The lowest BCUT2D eigenvalue weighted by Gasteiger charge is -2.32. The average Bonchev–Trinajstić information content (AvgIpc) is 3.24. The summed E-state index contributed by atoms with van der Waals surface area (Å²) in [6.07, 6.45) is 3.48. The van der Waals surface area contributed by atoms with Gasteiger partial charge in [-0.25, -0.2) is 4.98 Å². The van der Waals surface area contributed by atoms with Gasteiger partial charge in [0.05, 0.1) is 17.3 Å². The first-order chi connectivity index (χ1) is 19.1. The highest BCUT2D eigenvalue weighted by atomic mass is 16.5. The minimum absolute atomic E-state index is 0.0394. The van der Waals surface area contributed by atoms with Crippen LogP contribution in [-0.4, -0.2) is 47.9 Å². The second-order valence-electron chi connectivity index (χ2n) is 12.4. The van der Waals surface area contributed by atoms with Crippen LogP contribution in [0.4, 0.5) is 5.69 Å². The Morgan fingerprint density at radius 3 is 2.52 bits per heavy atom. The fourth-order valence-electron chi connectivity index (χ4n) is 5.60. The van der Waals surface area contributed by atoms with Crippen LogP contribution in [0.25, 0.3) is 11.3 Å². The number of carbonyl (C=O) groups excluding carboxylic acids is 2. The van der Waals surface area contributed by atoms with Crippen molar-refractivity contribution in [3.8, 4) is 11.3 Å². The third kappa shape index (κ3) is 6.30. The number of nitrogens with zero attached hydrogens (tertiary/aromatic N) is 3. The van der Waals surface area contributed by atoms with Crippen molar-refractivity contribution < 1.29 is 18.7 Å². The molecular formula is C33H41N3O4. The Labute approximate surface area is 237 Å². The maximum absolute atomic E-state index is 13.7. The van der Waals surface area contributed by atoms with E-state index in [0.717, 1.165) is 72.7 Å². The largest absolute Gasteiger partial charge is 0.461 e. The van der Waals surface area contributed by atoms with Gasteiger partial charge in [0.25, 0.3) is 5.91 Å². The lowest BCUT2D eigenvalue weighted by atomic mass is 9.91. The van der Waals surface area contributed by atoms with Gasteiger partial charge >= 0.3 is 5.97 Å². The number of hydrogen-bond donors (Lipinski definition) is 0. The van der Waals surface area contributed by atoms with Gasteiger partial charge in [0, 0.05) is 31.0 Å². The van der Waals surface area contributed by atoms with Crippen molar-refractivity contribution in [3.63, 3.8) is 0 Å². The first kappa shape index (κ1) is 28.1. The van der Waals surface area contributed by atoms with E-state index in [2.05, 4.69) is 30.7 Å². The first-order valence-electron chi connectivity index (χ1n) is 14.4. The number of aryl methyl sites for hydroxylation is 2. The second-order valence-corrected chi connectivity index (χ2v) is 12.4. The third-order valence-corrected chi connectivity index (χ3v) is 8.12. The molecule has 0 saturated carbocycles. The highest BCUT2D eigenvalue weighted by Crippen LogP contribution is 2.37. The summed E-state index contributed by atoms with van der Waals surface area (Å²) in [7, 11) is 0. The number of anilines is 1. The summed E-state index contributed by atoms with van der Waals surface area (Å²) in [5.74, 6) is 1.15. The Kier molecular flexibility index (Phi) is 8.13. The number of fused-ring (bicyclic) bond motifs is 3. The van der Waals surface area contributed by atoms with Crippen LogP contribution in [0.1, 0.15) is 73.1 Å². The van der Waals surface area contributed by atoms with Crippen LogP contribution in [0.5, 0.6) is 0 Å². The Morgan fingerprint density at radius 2 is 1.80 bits per heavy atom. The van der Waals surface area contributed by atoms with E-state index in [1.54, 1.807) is 0 Å². The molecule has 2 aliphatic rings. The van der Waals surface area contributed by atoms with Gasteiger partial charge in [-0.2, -0.15) is 0 Å². The van der Waals surface area contributed by atoms with E-state index in [4.69, 9.17) is 9.15 Å². The van der Waals surface area contributed by atoms with Gasteiger partial charge in [-0.3, -0.25) is 9.59 Å². The molecule has 0 radical (unpaired) electrons. The number of oxazole rings is 1. The van der Waals surface area contributed by atoms with Gasteiger partial charge < -0.3 is 19.0 Å². The highest BCUT2D eigenvalue weighted by Gasteiger charge is 2.29. The number of likely N-dealkylation sites (tertiary alicyclic amines) is 1. The Bertz CT molecular complexity index is 1380. The molecule has 0 aliphatic carbocycles. The molecule has 1 amide bonds. The van der Waals surface area contributed by atoms with E-state index < -0.39 is 0 Å². The second kappa shape index (κ2) is 11.6. The summed E-state index contributed by atoms with van der Waals surface area (Å²) >= 11 is 0. The molecule has 3 aromatic rings. The number of benzene rings is 2. The van der Waals surface area contributed by atoms with E-state index >= 15 is 0 Å². The smallest absolute Gasteiger partial charge is 0.309 e. The molecule has 0 spiro atoms. The van der Waals surface area contributed by atoms with Crippen LogP contribution >= 0.6 is 0 Å². The Morgan fingerprint density at radius 1 is 1.05 bits per heavy atom. The van der Waals surface area contributed by atoms with Gasteiger partial charge in [-0.15, -0.1) is 0 Å². The number of piperidine rings is 1. The lowest BCUT2D eigenvalue weighted by molar-refractivity contribution is -0.151. The first-order valence-corrected chi connectivity index (χ1v) is 14.4. The molecule has 0 unspecified atom stereocenters. The summed E-state index contributed by atoms with van der Waals surface area (Å²) in [6.45, 7) is 14.3. The molecule has 5 rings (SSSR count). The van der Waals surface area contributed by atoms with Gasteiger partial charge in [-0.1, -0.05) is 39.0 Å². The lowest BCUT2D eigenvalue weighted by Crippen LogP contribution is -2.38.